The average Bonchev–Trinajstić information content (AvgIpc) is 3.32. The van der Waals surface area contributed by atoms with E-state index in [2.05, 4.69) is 29.2 Å². The molecule has 0 unspecified atom stereocenters. The zero-order valence-corrected chi connectivity index (χ0v) is 18.4. The second-order valence-electron chi connectivity index (χ2n) is 7.13. The van der Waals surface area contributed by atoms with Gasteiger partial charge in [-0.1, -0.05) is 35.0 Å². The van der Waals surface area contributed by atoms with E-state index in [1.807, 2.05) is 42.5 Å². The summed E-state index contributed by atoms with van der Waals surface area (Å²) in [6.45, 7) is 2.50. The molecule has 7 nitrogen and oxygen atoms in total. The Morgan fingerprint density at radius 3 is 2.41 bits per heavy atom. The predicted octanol–water partition coefficient (Wildman–Crippen LogP) is 5.32. The molecule has 32 heavy (non-hydrogen) atoms. The molecule has 3 aromatic carbocycles. The molecule has 0 aliphatic rings. The molecule has 0 saturated carbocycles. The number of nitrogens with zero attached hydrogens (tertiary/aromatic N) is 2. The van der Waals surface area contributed by atoms with E-state index in [0.29, 0.717) is 46.9 Å². The first-order valence-electron chi connectivity index (χ1n) is 10.0. The maximum atomic E-state index is 5.97. The summed E-state index contributed by atoms with van der Waals surface area (Å²) in [5.74, 6) is 3.26. The van der Waals surface area contributed by atoms with Gasteiger partial charge in [-0.15, -0.1) is 0 Å². The molecule has 1 aromatic heterocycles. The van der Waals surface area contributed by atoms with Gasteiger partial charge in [0.2, 0.25) is 5.82 Å². The van der Waals surface area contributed by atoms with Crippen molar-refractivity contribution < 1.29 is 23.5 Å². The molecule has 0 N–H and O–H groups in total. The molecule has 0 fully saturated rings. The molecule has 1 heterocycles. The Hall–Kier alpha value is -4.00. The number of hydrogen-bond acceptors (Lipinski definition) is 7. The average molecular weight is 432 g/mol. The van der Waals surface area contributed by atoms with Crippen LogP contribution in [0.1, 0.15) is 11.1 Å². The minimum Gasteiger partial charge on any atom is -0.497 e. The first kappa shape index (κ1) is 21.2. The van der Waals surface area contributed by atoms with Crippen LogP contribution in [0.2, 0.25) is 0 Å². The van der Waals surface area contributed by atoms with Gasteiger partial charge in [-0.25, -0.2) is 0 Å². The number of rotatable bonds is 8. The van der Waals surface area contributed by atoms with Gasteiger partial charge in [0, 0.05) is 11.6 Å². The van der Waals surface area contributed by atoms with Gasteiger partial charge in [0.05, 0.1) is 26.9 Å². The normalized spacial score (nSPS) is 10.6. The number of aryl methyl sites for hydroxylation is 1. The zero-order chi connectivity index (χ0) is 22.5. The van der Waals surface area contributed by atoms with Gasteiger partial charge < -0.3 is 23.5 Å². The molecule has 0 radical (unpaired) electrons. The minimum atomic E-state index is 0.346. The van der Waals surface area contributed by atoms with Crippen molar-refractivity contribution in [2.45, 2.75) is 13.5 Å². The zero-order valence-electron chi connectivity index (χ0n) is 18.4. The van der Waals surface area contributed by atoms with Crippen LogP contribution in [0.3, 0.4) is 0 Å². The van der Waals surface area contributed by atoms with Crippen molar-refractivity contribution in [1.29, 1.82) is 0 Å². The number of methoxy groups -OCH3 is 3. The van der Waals surface area contributed by atoms with E-state index in [0.717, 1.165) is 11.1 Å². The summed E-state index contributed by atoms with van der Waals surface area (Å²) in [5.41, 5.74) is 3.70. The highest BCUT2D eigenvalue weighted by Gasteiger charge is 2.17. The van der Waals surface area contributed by atoms with Crippen LogP contribution in [0, 0.1) is 6.92 Å². The molecule has 7 heteroatoms. The van der Waals surface area contributed by atoms with Gasteiger partial charge in [-0.2, -0.15) is 4.98 Å². The van der Waals surface area contributed by atoms with E-state index in [1.165, 1.54) is 5.56 Å². The molecule has 0 amide bonds. The van der Waals surface area contributed by atoms with Crippen LogP contribution >= 0.6 is 0 Å². The predicted molar refractivity (Wildman–Crippen MR) is 120 cm³/mol. The van der Waals surface area contributed by atoms with Crippen molar-refractivity contribution in [2.75, 3.05) is 21.3 Å². The van der Waals surface area contributed by atoms with Crippen LogP contribution in [0.25, 0.3) is 22.8 Å². The van der Waals surface area contributed by atoms with Crippen LogP contribution in [0.4, 0.5) is 0 Å². The summed E-state index contributed by atoms with van der Waals surface area (Å²) in [7, 11) is 4.78. The minimum absolute atomic E-state index is 0.346. The number of aromatic nitrogens is 2. The maximum absolute atomic E-state index is 5.97. The summed E-state index contributed by atoms with van der Waals surface area (Å²) >= 11 is 0. The first-order chi connectivity index (χ1) is 15.6. The quantitative estimate of drug-likeness (QED) is 0.373. The summed E-state index contributed by atoms with van der Waals surface area (Å²) < 4.78 is 27.7. The number of ether oxygens (including phenoxy) is 4. The Kier molecular flexibility index (Phi) is 6.26. The van der Waals surface area contributed by atoms with Gasteiger partial charge in [-0.3, -0.25) is 0 Å². The lowest BCUT2D eigenvalue weighted by Crippen LogP contribution is -1.98. The van der Waals surface area contributed by atoms with Gasteiger partial charge in [0.1, 0.15) is 18.1 Å². The van der Waals surface area contributed by atoms with Crippen molar-refractivity contribution in [1.82, 2.24) is 10.1 Å². The Morgan fingerprint density at radius 2 is 1.66 bits per heavy atom. The van der Waals surface area contributed by atoms with Crippen molar-refractivity contribution >= 4 is 0 Å². The van der Waals surface area contributed by atoms with Crippen molar-refractivity contribution in [3.05, 3.63) is 71.8 Å². The fraction of sp³-hybridized carbons (Fsp3) is 0.200. The molecule has 4 aromatic rings. The number of hydrogen-bond donors (Lipinski definition) is 0. The molecule has 0 bridgehead atoms. The van der Waals surface area contributed by atoms with E-state index in [1.54, 1.807) is 27.4 Å². The highest BCUT2D eigenvalue weighted by molar-refractivity contribution is 5.67. The third kappa shape index (κ3) is 4.51. The van der Waals surface area contributed by atoms with Crippen molar-refractivity contribution in [3.63, 3.8) is 0 Å². The van der Waals surface area contributed by atoms with Gasteiger partial charge >= 0.3 is 0 Å². The molecule has 0 aliphatic heterocycles. The lowest BCUT2D eigenvalue weighted by Gasteiger charge is -2.11. The maximum Gasteiger partial charge on any atom is 0.262 e. The molecular formula is C25H24N2O5. The molecule has 4 rings (SSSR count). The molecule has 164 valence electrons. The van der Waals surface area contributed by atoms with Gasteiger partial charge in [0.25, 0.3) is 5.89 Å². The van der Waals surface area contributed by atoms with Crippen LogP contribution in [0.15, 0.2) is 65.2 Å². The van der Waals surface area contributed by atoms with Gasteiger partial charge in [0.15, 0.2) is 11.5 Å². The second-order valence-corrected chi connectivity index (χ2v) is 7.13. The Balaban J connectivity index is 1.57. The largest absolute Gasteiger partial charge is 0.497 e. The molecule has 0 spiro atoms. The Bertz CT molecular complexity index is 1220. The van der Waals surface area contributed by atoms with E-state index in [-0.39, 0.29) is 0 Å². The smallest absolute Gasteiger partial charge is 0.262 e. The standard InChI is InChI=1S/C25H24N2O5/c1-16-6-5-7-17(12-16)15-31-21-11-8-18(13-23(21)30-4)24-26-25(32-27-24)20-10-9-19(28-2)14-22(20)29-3/h5-14H,15H2,1-4H3. The fourth-order valence-corrected chi connectivity index (χ4v) is 3.31. The van der Waals surface area contributed by atoms with Crippen molar-refractivity contribution in [3.8, 4) is 45.8 Å². The SMILES string of the molecule is COc1ccc(-c2nc(-c3ccc(OCc4cccc(C)c4)c(OC)c3)no2)c(OC)c1. The van der Waals surface area contributed by atoms with Crippen LogP contribution in [-0.2, 0) is 6.61 Å². The van der Waals surface area contributed by atoms with Crippen LogP contribution < -0.4 is 18.9 Å². The van der Waals surface area contributed by atoms with Crippen LogP contribution in [-0.4, -0.2) is 31.5 Å². The second kappa shape index (κ2) is 9.43. The Labute approximate surface area is 186 Å². The molecular weight excluding hydrogens is 408 g/mol. The lowest BCUT2D eigenvalue weighted by atomic mass is 10.1. The molecule has 0 aliphatic carbocycles. The van der Waals surface area contributed by atoms with Gasteiger partial charge in [-0.05, 0) is 42.8 Å². The number of benzene rings is 3. The third-order valence-electron chi connectivity index (χ3n) is 4.96. The Morgan fingerprint density at radius 1 is 0.812 bits per heavy atom. The molecule has 0 atom stereocenters. The van der Waals surface area contributed by atoms with E-state index >= 15 is 0 Å². The molecule has 0 saturated heterocycles. The van der Waals surface area contributed by atoms with Crippen LogP contribution in [0.5, 0.6) is 23.0 Å². The summed E-state index contributed by atoms with van der Waals surface area (Å²) in [5, 5.41) is 4.12. The monoisotopic (exact) mass is 432 g/mol. The van der Waals surface area contributed by atoms with E-state index in [9.17, 15) is 0 Å². The summed E-state index contributed by atoms with van der Waals surface area (Å²) in [4.78, 5) is 4.53. The summed E-state index contributed by atoms with van der Waals surface area (Å²) in [6.07, 6.45) is 0. The highest BCUT2D eigenvalue weighted by Crippen LogP contribution is 2.35. The fourth-order valence-electron chi connectivity index (χ4n) is 3.31. The first-order valence-corrected chi connectivity index (χ1v) is 10.0. The van der Waals surface area contributed by atoms with E-state index in [4.69, 9.17) is 23.5 Å². The third-order valence-corrected chi connectivity index (χ3v) is 4.96. The summed E-state index contributed by atoms with van der Waals surface area (Å²) in [6, 6.07) is 19.1. The lowest BCUT2D eigenvalue weighted by molar-refractivity contribution is 0.284. The van der Waals surface area contributed by atoms with Crippen molar-refractivity contribution in [2.24, 2.45) is 0 Å². The highest BCUT2D eigenvalue weighted by atomic mass is 16.5. The topological polar surface area (TPSA) is 75.8 Å². The van der Waals surface area contributed by atoms with E-state index < -0.39 is 0 Å².